The minimum absolute atomic E-state index is 0.0160. The number of aromatic nitrogens is 3. The number of aliphatic hydroxyl groups is 1. The maximum Gasteiger partial charge on any atom is 0.254 e. The molecule has 4 aromatic rings. The standard InChI is InChI=1S/C24H25FN4O2/c1-3-29-19-7-5-4-6-15(19)13-21(29)23-26-18-12-16(8-9-20(18)27(23)2)24(31)28-11-10-17(25)22(30)14-28/h4-9,12-13,17,22,30H,3,10-11,14H2,1-2H3/t17-,22+/m0/s1. The van der Waals surface area contributed by atoms with E-state index >= 15 is 0 Å². The maximum atomic E-state index is 13.6. The fourth-order valence-electron chi connectivity index (χ4n) is 4.57. The molecule has 0 spiro atoms. The van der Waals surface area contributed by atoms with Crippen LogP contribution in [0.25, 0.3) is 33.5 Å². The van der Waals surface area contributed by atoms with Gasteiger partial charge in [0.2, 0.25) is 0 Å². The zero-order chi connectivity index (χ0) is 21.7. The Hall–Kier alpha value is -3.19. The highest BCUT2D eigenvalue weighted by Gasteiger charge is 2.30. The van der Waals surface area contributed by atoms with Crippen molar-refractivity contribution in [3.8, 4) is 11.5 Å². The van der Waals surface area contributed by atoms with Gasteiger partial charge in [0.15, 0.2) is 5.82 Å². The Kier molecular flexibility index (Phi) is 4.78. The molecule has 1 saturated heterocycles. The van der Waals surface area contributed by atoms with Crippen LogP contribution in [0.5, 0.6) is 0 Å². The van der Waals surface area contributed by atoms with Crippen molar-refractivity contribution >= 4 is 27.8 Å². The SMILES string of the molecule is CCn1c(-c2nc3cc(C(=O)N4CC[C@H](F)[C@H](O)C4)ccc3n2C)cc2ccccc21. The van der Waals surface area contributed by atoms with Gasteiger partial charge >= 0.3 is 0 Å². The summed E-state index contributed by atoms with van der Waals surface area (Å²) in [6.45, 7) is 3.26. The number of β-amino-alcohol motifs (C(OH)–C–C–N with tert-alkyl or cyclic N) is 1. The smallest absolute Gasteiger partial charge is 0.254 e. The Labute approximate surface area is 179 Å². The molecular formula is C24H25FN4O2. The largest absolute Gasteiger partial charge is 0.388 e. The Bertz CT molecular complexity index is 1290. The van der Waals surface area contributed by atoms with Crippen LogP contribution in [-0.4, -0.2) is 55.4 Å². The number of benzene rings is 2. The number of hydrogen-bond donors (Lipinski definition) is 1. The number of carbonyl (C=O) groups is 1. The molecule has 1 aliphatic rings. The van der Waals surface area contributed by atoms with E-state index in [9.17, 15) is 14.3 Å². The van der Waals surface area contributed by atoms with Gasteiger partial charge in [0.25, 0.3) is 5.91 Å². The van der Waals surface area contributed by atoms with Crippen molar-refractivity contribution in [1.29, 1.82) is 0 Å². The topological polar surface area (TPSA) is 63.3 Å². The van der Waals surface area contributed by atoms with Crippen molar-refractivity contribution in [3.05, 3.63) is 54.1 Å². The number of piperidine rings is 1. The molecule has 1 aliphatic heterocycles. The minimum atomic E-state index is -1.27. The maximum absolute atomic E-state index is 13.6. The zero-order valence-corrected chi connectivity index (χ0v) is 17.6. The third-order valence-corrected chi connectivity index (χ3v) is 6.27. The lowest BCUT2D eigenvalue weighted by molar-refractivity contribution is 0.00581. The zero-order valence-electron chi connectivity index (χ0n) is 17.6. The first kappa shape index (κ1) is 19.8. The predicted octanol–water partition coefficient (Wildman–Crippen LogP) is 3.76. The summed E-state index contributed by atoms with van der Waals surface area (Å²) in [4.78, 5) is 19.3. The van der Waals surface area contributed by atoms with Crippen LogP contribution in [0.4, 0.5) is 4.39 Å². The summed E-state index contributed by atoms with van der Waals surface area (Å²) in [6.07, 6.45) is -2.24. The molecule has 3 heterocycles. The van der Waals surface area contributed by atoms with E-state index in [2.05, 4.69) is 29.7 Å². The quantitative estimate of drug-likeness (QED) is 0.549. The Balaban J connectivity index is 1.54. The number of aryl methyl sites for hydroxylation is 2. The molecule has 1 fully saturated rings. The van der Waals surface area contributed by atoms with Gasteiger partial charge in [-0.2, -0.15) is 0 Å². The number of alkyl halides is 1. The fraction of sp³-hybridized carbons (Fsp3) is 0.333. The van der Waals surface area contributed by atoms with Crippen LogP contribution in [-0.2, 0) is 13.6 Å². The van der Waals surface area contributed by atoms with Crippen LogP contribution in [0.1, 0.15) is 23.7 Å². The molecule has 0 unspecified atom stereocenters. The molecule has 0 radical (unpaired) electrons. The summed E-state index contributed by atoms with van der Waals surface area (Å²) in [6, 6.07) is 15.9. The fourth-order valence-corrected chi connectivity index (χ4v) is 4.57. The molecule has 31 heavy (non-hydrogen) atoms. The van der Waals surface area contributed by atoms with Crippen molar-refractivity contribution in [2.24, 2.45) is 7.05 Å². The molecule has 1 N–H and O–H groups in total. The molecule has 2 aromatic heterocycles. The molecule has 1 amide bonds. The van der Waals surface area contributed by atoms with Crippen LogP contribution in [0.15, 0.2) is 48.5 Å². The highest BCUT2D eigenvalue weighted by Crippen LogP contribution is 2.30. The number of fused-ring (bicyclic) bond motifs is 2. The average Bonchev–Trinajstić information content (AvgIpc) is 3.32. The molecule has 7 heteroatoms. The first-order valence-corrected chi connectivity index (χ1v) is 10.6. The summed E-state index contributed by atoms with van der Waals surface area (Å²) in [5.74, 6) is 0.633. The number of likely N-dealkylation sites (tertiary alicyclic amines) is 1. The second-order valence-corrected chi connectivity index (χ2v) is 8.15. The van der Waals surface area contributed by atoms with Gasteiger partial charge in [-0.25, -0.2) is 9.37 Å². The van der Waals surface area contributed by atoms with E-state index in [0.717, 1.165) is 40.0 Å². The predicted molar refractivity (Wildman–Crippen MR) is 119 cm³/mol. The highest BCUT2D eigenvalue weighted by molar-refractivity contribution is 5.98. The summed E-state index contributed by atoms with van der Waals surface area (Å²) < 4.78 is 17.9. The van der Waals surface area contributed by atoms with Crippen molar-refractivity contribution in [3.63, 3.8) is 0 Å². The first-order chi connectivity index (χ1) is 15.0. The highest BCUT2D eigenvalue weighted by atomic mass is 19.1. The van der Waals surface area contributed by atoms with E-state index < -0.39 is 12.3 Å². The van der Waals surface area contributed by atoms with E-state index in [-0.39, 0.29) is 18.9 Å². The second-order valence-electron chi connectivity index (χ2n) is 8.15. The monoisotopic (exact) mass is 420 g/mol. The first-order valence-electron chi connectivity index (χ1n) is 10.6. The van der Waals surface area contributed by atoms with Crippen LogP contribution in [0.2, 0.25) is 0 Å². The third-order valence-electron chi connectivity index (χ3n) is 6.27. The molecule has 0 bridgehead atoms. The van der Waals surface area contributed by atoms with E-state index in [0.29, 0.717) is 12.1 Å². The lowest BCUT2D eigenvalue weighted by atomic mass is 10.0. The summed E-state index contributed by atoms with van der Waals surface area (Å²) >= 11 is 0. The van der Waals surface area contributed by atoms with Gasteiger partial charge in [0.05, 0.1) is 16.7 Å². The number of hydrogen-bond acceptors (Lipinski definition) is 3. The summed E-state index contributed by atoms with van der Waals surface area (Å²) in [7, 11) is 1.98. The summed E-state index contributed by atoms with van der Waals surface area (Å²) in [5.41, 5.74) is 4.36. The van der Waals surface area contributed by atoms with Crippen molar-refractivity contribution in [2.75, 3.05) is 13.1 Å². The molecule has 2 aromatic carbocycles. The molecule has 0 aliphatic carbocycles. The molecule has 160 valence electrons. The Morgan fingerprint density at radius 2 is 2.00 bits per heavy atom. The van der Waals surface area contributed by atoms with Crippen LogP contribution < -0.4 is 0 Å². The number of carbonyl (C=O) groups excluding carboxylic acids is 1. The normalized spacial score (nSPS) is 19.4. The lowest BCUT2D eigenvalue weighted by Gasteiger charge is -2.32. The van der Waals surface area contributed by atoms with E-state index in [1.165, 1.54) is 4.90 Å². The van der Waals surface area contributed by atoms with Crippen LogP contribution >= 0.6 is 0 Å². The average molecular weight is 420 g/mol. The number of halogens is 1. The number of rotatable bonds is 3. The molecular weight excluding hydrogens is 395 g/mol. The van der Waals surface area contributed by atoms with Crippen molar-refractivity contribution < 1.29 is 14.3 Å². The van der Waals surface area contributed by atoms with Gasteiger partial charge < -0.3 is 19.1 Å². The lowest BCUT2D eigenvalue weighted by Crippen LogP contribution is -2.47. The van der Waals surface area contributed by atoms with Gasteiger partial charge in [-0.3, -0.25) is 4.79 Å². The van der Waals surface area contributed by atoms with Gasteiger partial charge in [-0.1, -0.05) is 18.2 Å². The van der Waals surface area contributed by atoms with E-state index in [1.807, 2.05) is 29.8 Å². The molecule has 5 rings (SSSR count). The van der Waals surface area contributed by atoms with E-state index in [4.69, 9.17) is 4.98 Å². The second kappa shape index (κ2) is 7.50. The Morgan fingerprint density at radius 1 is 1.19 bits per heavy atom. The number of aliphatic hydroxyl groups excluding tert-OH is 1. The summed E-state index contributed by atoms with van der Waals surface area (Å²) in [5, 5.41) is 11.0. The number of nitrogens with zero attached hydrogens (tertiary/aromatic N) is 4. The number of amides is 1. The van der Waals surface area contributed by atoms with Crippen LogP contribution in [0, 0.1) is 0 Å². The van der Waals surface area contributed by atoms with Crippen molar-refractivity contribution in [2.45, 2.75) is 32.2 Å². The minimum Gasteiger partial charge on any atom is -0.388 e. The third kappa shape index (κ3) is 3.20. The molecule has 6 nitrogen and oxygen atoms in total. The van der Waals surface area contributed by atoms with Gasteiger partial charge in [-0.15, -0.1) is 0 Å². The van der Waals surface area contributed by atoms with Gasteiger partial charge in [0.1, 0.15) is 12.3 Å². The van der Waals surface area contributed by atoms with Crippen LogP contribution in [0.3, 0.4) is 0 Å². The van der Waals surface area contributed by atoms with Gasteiger partial charge in [-0.05, 0) is 43.7 Å². The number of imidazole rings is 1. The number of para-hydroxylation sites is 1. The Morgan fingerprint density at radius 3 is 2.77 bits per heavy atom. The molecule has 2 atom stereocenters. The van der Waals surface area contributed by atoms with E-state index in [1.54, 1.807) is 12.1 Å². The molecule has 0 saturated carbocycles. The van der Waals surface area contributed by atoms with Gasteiger partial charge in [0, 0.05) is 43.1 Å². The van der Waals surface area contributed by atoms with Crippen molar-refractivity contribution in [1.82, 2.24) is 19.0 Å².